The van der Waals surface area contributed by atoms with Crippen LogP contribution in [0.25, 0.3) is 0 Å². The van der Waals surface area contributed by atoms with Crippen LogP contribution in [0.15, 0.2) is 71.6 Å². The summed E-state index contributed by atoms with van der Waals surface area (Å²) in [6.45, 7) is 5.76. The Balaban J connectivity index is 1.94. The Morgan fingerprint density at radius 2 is 1.45 bits per heavy atom. The Hall–Kier alpha value is -2.67. The van der Waals surface area contributed by atoms with Gasteiger partial charge in [0.05, 0.1) is 11.4 Å². The van der Waals surface area contributed by atoms with E-state index < -0.39 is 10.0 Å². The molecule has 0 bridgehead atoms. The SMILES string of the molecule is CCc1cccc(CC)c1NC(=O)CN(Cc1ccccc1C)S(=O)(=O)c1ccc(Cl)cc1. The van der Waals surface area contributed by atoms with Gasteiger partial charge in [-0.25, -0.2) is 8.42 Å². The van der Waals surface area contributed by atoms with Gasteiger partial charge in [-0.3, -0.25) is 4.79 Å². The minimum Gasteiger partial charge on any atom is -0.324 e. The van der Waals surface area contributed by atoms with Gasteiger partial charge in [0.1, 0.15) is 0 Å². The molecule has 0 fully saturated rings. The van der Waals surface area contributed by atoms with E-state index in [1.807, 2.05) is 63.2 Å². The van der Waals surface area contributed by atoms with Crippen LogP contribution in [0.2, 0.25) is 5.02 Å². The average molecular weight is 485 g/mol. The van der Waals surface area contributed by atoms with Gasteiger partial charge < -0.3 is 5.32 Å². The number of rotatable bonds is 9. The summed E-state index contributed by atoms with van der Waals surface area (Å²) in [7, 11) is -3.94. The third kappa shape index (κ3) is 6.02. The van der Waals surface area contributed by atoms with Crippen molar-refractivity contribution in [1.82, 2.24) is 4.31 Å². The Bertz CT molecular complexity index is 1200. The molecule has 0 aromatic heterocycles. The highest BCUT2D eigenvalue weighted by Crippen LogP contribution is 2.24. The first kappa shape index (κ1) is 25.0. The lowest BCUT2D eigenvalue weighted by Crippen LogP contribution is -2.38. The predicted molar refractivity (Wildman–Crippen MR) is 134 cm³/mol. The van der Waals surface area contributed by atoms with Crippen LogP contribution in [0.3, 0.4) is 0 Å². The highest BCUT2D eigenvalue weighted by molar-refractivity contribution is 7.89. The molecule has 174 valence electrons. The molecule has 0 aliphatic rings. The van der Waals surface area contributed by atoms with E-state index >= 15 is 0 Å². The van der Waals surface area contributed by atoms with E-state index in [1.165, 1.54) is 28.6 Å². The van der Waals surface area contributed by atoms with Crippen molar-refractivity contribution in [3.05, 3.63) is 94.0 Å². The van der Waals surface area contributed by atoms with Crippen LogP contribution in [0.5, 0.6) is 0 Å². The Morgan fingerprint density at radius 1 is 0.879 bits per heavy atom. The maximum Gasteiger partial charge on any atom is 0.243 e. The van der Waals surface area contributed by atoms with E-state index in [0.29, 0.717) is 5.02 Å². The first-order valence-electron chi connectivity index (χ1n) is 11.0. The lowest BCUT2D eigenvalue weighted by atomic mass is 10.0. The van der Waals surface area contributed by atoms with Gasteiger partial charge in [-0.2, -0.15) is 4.31 Å². The molecule has 3 rings (SSSR count). The van der Waals surface area contributed by atoms with Crippen molar-refractivity contribution in [1.29, 1.82) is 0 Å². The minimum absolute atomic E-state index is 0.0844. The molecule has 0 aliphatic carbocycles. The number of amides is 1. The number of para-hydroxylation sites is 1. The van der Waals surface area contributed by atoms with Crippen molar-refractivity contribution in [3.8, 4) is 0 Å². The van der Waals surface area contributed by atoms with Crippen LogP contribution in [0.1, 0.15) is 36.1 Å². The molecule has 0 heterocycles. The maximum absolute atomic E-state index is 13.5. The molecular weight excluding hydrogens is 456 g/mol. The van der Waals surface area contributed by atoms with E-state index in [-0.39, 0.29) is 23.9 Å². The quantitative estimate of drug-likeness (QED) is 0.429. The minimum atomic E-state index is -3.94. The number of carbonyl (C=O) groups excluding carboxylic acids is 1. The van der Waals surface area contributed by atoms with Crippen molar-refractivity contribution in [2.24, 2.45) is 0 Å². The zero-order valence-electron chi connectivity index (χ0n) is 19.1. The zero-order valence-corrected chi connectivity index (χ0v) is 20.7. The van der Waals surface area contributed by atoms with Crippen LogP contribution >= 0.6 is 11.6 Å². The Morgan fingerprint density at radius 3 is 2.03 bits per heavy atom. The molecule has 0 aliphatic heterocycles. The second-order valence-electron chi connectivity index (χ2n) is 7.86. The average Bonchev–Trinajstić information content (AvgIpc) is 2.80. The Labute approximate surface area is 201 Å². The highest BCUT2D eigenvalue weighted by Gasteiger charge is 2.28. The number of hydrogen-bond donors (Lipinski definition) is 1. The molecule has 3 aromatic rings. The predicted octanol–water partition coefficient (Wildman–Crippen LogP) is 5.60. The number of halogens is 1. The van der Waals surface area contributed by atoms with Crippen molar-refractivity contribution < 1.29 is 13.2 Å². The normalized spacial score (nSPS) is 11.5. The summed E-state index contributed by atoms with van der Waals surface area (Å²) in [5.41, 5.74) is 4.61. The molecule has 0 unspecified atom stereocenters. The van der Waals surface area contributed by atoms with E-state index in [2.05, 4.69) is 5.32 Å². The van der Waals surface area contributed by atoms with E-state index in [4.69, 9.17) is 11.6 Å². The molecule has 0 spiro atoms. The summed E-state index contributed by atoms with van der Waals surface area (Å²) >= 11 is 5.95. The maximum atomic E-state index is 13.5. The van der Waals surface area contributed by atoms with Gasteiger partial charge in [0.2, 0.25) is 15.9 Å². The molecule has 0 atom stereocenters. The summed E-state index contributed by atoms with van der Waals surface area (Å²) < 4.78 is 28.2. The topological polar surface area (TPSA) is 66.5 Å². The van der Waals surface area contributed by atoms with E-state index in [0.717, 1.165) is 40.8 Å². The van der Waals surface area contributed by atoms with Crippen molar-refractivity contribution in [3.63, 3.8) is 0 Å². The first-order chi connectivity index (χ1) is 15.8. The van der Waals surface area contributed by atoms with E-state index in [1.54, 1.807) is 0 Å². The number of anilines is 1. The molecule has 1 amide bonds. The lowest BCUT2D eigenvalue weighted by molar-refractivity contribution is -0.116. The molecule has 1 N–H and O–H groups in total. The summed E-state index contributed by atoms with van der Waals surface area (Å²) in [5, 5.41) is 3.42. The van der Waals surface area contributed by atoms with Gasteiger partial charge in [0, 0.05) is 17.3 Å². The van der Waals surface area contributed by atoms with Crippen LogP contribution in [-0.2, 0) is 34.2 Å². The van der Waals surface area contributed by atoms with E-state index in [9.17, 15) is 13.2 Å². The van der Waals surface area contributed by atoms with Crippen LogP contribution in [0, 0.1) is 6.92 Å². The molecular formula is C26H29ClN2O3S. The Kier molecular flexibility index (Phi) is 8.30. The second kappa shape index (κ2) is 11.0. The largest absolute Gasteiger partial charge is 0.324 e. The van der Waals surface area contributed by atoms with Gasteiger partial charge >= 0.3 is 0 Å². The number of aryl methyl sites for hydroxylation is 3. The number of benzene rings is 3. The summed E-state index contributed by atoms with van der Waals surface area (Å²) in [6, 6.07) is 19.5. The fraction of sp³-hybridized carbons (Fsp3) is 0.269. The van der Waals surface area contributed by atoms with Crippen molar-refractivity contribution in [2.45, 2.75) is 45.1 Å². The fourth-order valence-corrected chi connectivity index (χ4v) is 5.20. The highest BCUT2D eigenvalue weighted by atomic mass is 35.5. The van der Waals surface area contributed by atoms with Crippen LogP contribution in [-0.4, -0.2) is 25.2 Å². The molecule has 0 saturated carbocycles. The number of hydrogen-bond acceptors (Lipinski definition) is 3. The smallest absolute Gasteiger partial charge is 0.243 e. The zero-order chi connectivity index (χ0) is 24.0. The summed E-state index contributed by atoms with van der Waals surface area (Å²) in [4.78, 5) is 13.2. The third-order valence-electron chi connectivity index (χ3n) is 5.64. The van der Waals surface area contributed by atoms with Gasteiger partial charge in [-0.1, -0.05) is 67.9 Å². The third-order valence-corrected chi connectivity index (χ3v) is 7.70. The lowest BCUT2D eigenvalue weighted by Gasteiger charge is -2.23. The molecule has 7 heteroatoms. The van der Waals surface area contributed by atoms with Gasteiger partial charge in [0.15, 0.2) is 0 Å². The van der Waals surface area contributed by atoms with Crippen molar-refractivity contribution >= 4 is 33.2 Å². The molecule has 33 heavy (non-hydrogen) atoms. The molecule has 0 radical (unpaired) electrons. The van der Waals surface area contributed by atoms with Crippen LogP contribution in [0.4, 0.5) is 5.69 Å². The molecule has 3 aromatic carbocycles. The summed E-state index contributed by atoms with van der Waals surface area (Å²) in [5.74, 6) is -0.378. The number of carbonyl (C=O) groups is 1. The van der Waals surface area contributed by atoms with Crippen molar-refractivity contribution in [2.75, 3.05) is 11.9 Å². The number of nitrogens with one attached hydrogen (secondary N) is 1. The summed E-state index contributed by atoms with van der Waals surface area (Å²) in [6.07, 6.45) is 1.53. The van der Waals surface area contributed by atoms with Crippen LogP contribution < -0.4 is 5.32 Å². The monoisotopic (exact) mass is 484 g/mol. The molecule has 0 saturated heterocycles. The first-order valence-corrected chi connectivity index (χ1v) is 12.8. The number of nitrogens with zero attached hydrogens (tertiary/aromatic N) is 1. The second-order valence-corrected chi connectivity index (χ2v) is 10.2. The van der Waals surface area contributed by atoms with Gasteiger partial charge in [-0.05, 0) is 66.3 Å². The number of sulfonamides is 1. The standard InChI is InChI=1S/C26H29ClN2O3S/c1-4-20-11-8-12-21(5-2)26(20)28-25(30)18-29(17-22-10-7-6-9-19(22)3)33(31,32)24-15-13-23(27)14-16-24/h6-16H,4-5,17-18H2,1-3H3,(H,28,30). The van der Waals surface area contributed by atoms with Gasteiger partial charge in [0.25, 0.3) is 0 Å². The fourth-order valence-electron chi connectivity index (χ4n) is 3.70. The van der Waals surface area contributed by atoms with Gasteiger partial charge in [-0.15, -0.1) is 0 Å². The molecule has 5 nitrogen and oxygen atoms in total.